The third kappa shape index (κ3) is 4.99. The SMILES string of the molecule is Cc1cc(I)cc(I)c1OC(=O)OC(C)(C)C. The van der Waals surface area contributed by atoms with Crippen LogP contribution >= 0.6 is 45.2 Å². The van der Waals surface area contributed by atoms with E-state index in [4.69, 9.17) is 9.47 Å². The van der Waals surface area contributed by atoms with E-state index in [-0.39, 0.29) is 0 Å². The van der Waals surface area contributed by atoms with E-state index in [2.05, 4.69) is 45.2 Å². The quantitative estimate of drug-likeness (QED) is 0.352. The first-order chi connectivity index (χ1) is 7.69. The molecular formula is C12H14I2O3. The van der Waals surface area contributed by atoms with E-state index in [9.17, 15) is 4.79 Å². The van der Waals surface area contributed by atoms with Crippen LogP contribution in [0.5, 0.6) is 5.75 Å². The maximum atomic E-state index is 11.6. The fourth-order valence-electron chi connectivity index (χ4n) is 1.17. The lowest BCUT2D eigenvalue weighted by molar-refractivity contribution is 0.0203. The zero-order chi connectivity index (χ0) is 13.2. The van der Waals surface area contributed by atoms with E-state index < -0.39 is 11.8 Å². The van der Waals surface area contributed by atoms with Gasteiger partial charge in [-0.15, -0.1) is 0 Å². The fourth-order valence-corrected chi connectivity index (χ4v) is 3.42. The van der Waals surface area contributed by atoms with Crippen LogP contribution in [-0.2, 0) is 4.74 Å². The number of carbonyl (C=O) groups is 1. The molecule has 94 valence electrons. The molecule has 0 radical (unpaired) electrons. The molecule has 0 heterocycles. The Morgan fingerprint density at radius 2 is 1.82 bits per heavy atom. The molecule has 0 fully saturated rings. The van der Waals surface area contributed by atoms with Crippen LogP contribution in [0.4, 0.5) is 4.79 Å². The highest BCUT2D eigenvalue weighted by molar-refractivity contribution is 14.1. The molecule has 1 aromatic rings. The lowest BCUT2D eigenvalue weighted by Crippen LogP contribution is -2.26. The predicted molar refractivity (Wildman–Crippen MR) is 83.5 cm³/mol. The van der Waals surface area contributed by atoms with Gasteiger partial charge in [0, 0.05) is 3.57 Å². The second-order valence-electron chi connectivity index (χ2n) is 4.60. The number of hydrogen-bond acceptors (Lipinski definition) is 3. The van der Waals surface area contributed by atoms with Crippen LogP contribution in [0.2, 0.25) is 0 Å². The summed E-state index contributed by atoms with van der Waals surface area (Å²) in [5.41, 5.74) is 0.381. The van der Waals surface area contributed by atoms with Gasteiger partial charge in [0.25, 0.3) is 0 Å². The third-order valence-corrected chi connectivity index (χ3v) is 3.19. The molecule has 0 aromatic heterocycles. The van der Waals surface area contributed by atoms with E-state index in [0.717, 1.165) is 12.7 Å². The van der Waals surface area contributed by atoms with E-state index in [1.807, 2.05) is 19.1 Å². The van der Waals surface area contributed by atoms with Crippen LogP contribution < -0.4 is 4.74 Å². The lowest BCUT2D eigenvalue weighted by Gasteiger charge is -2.19. The Morgan fingerprint density at radius 3 is 2.29 bits per heavy atom. The molecule has 0 N–H and O–H groups in total. The van der Waals surface area contributed by atoms with Gasteiger partial charge in [-0.05, 0) is 90.6 Å². The molecule has 0 saturated heterocycles. The van der Waals surface area contributed by atoms with Crippen molar-refractivity contribution < 1.29 is 14.3 Å². The maximum absolute atomic E-state index is 11.6. The van der Waals surface area contributed by atoms with Gasteiger partial charge >= 0.3 is 6.16 Å². The molecule has 5 heteroatoms. The van der Waals surface area contributed by atoms with Crippen molar-refractivity contribution in [1.82, 2.24) is 0 Å². The van der Waals surface area contributed by atoms with E-state index in [1.165, 1.54) is 0 Å². The minimum Gasteiger partial charge on any atom is -0.428 e. The second kappa shape index (κ2) is 5.73. The van der Waals surface area contributed by atoms with Gasteiger partial charge < -0.3 is 9.47 Å². The van der Waals surface area contributed by atoms with Crippen molar-refractivity contribution in [3.8, 4) is 5.75 Å². The second-order valence-corrected chi connectivity index (χ2v) is 7.01. The number of halogens is 2. The van der Waals surface area contributed by atoms with Crippen LogP contribution in [-0.4, -0.2) is 11.8 Å². The average molecular weight is 460 g/mol. The molecule has 0 bridgehead atoms. The summed E-state index contributed by atoms with van der Waals surface area (Å²) in [6.45, 7) is 7.32. The molecule has 0 saturated carbocycles. The summed E-state index contributed by atoms with van der Waals surface area (Å²) in [6, 6.07) is 3.91. The summed E-state index contributed by atoms with van der Waals surface area (Å²) in [6.07, 6.45) is -0.667. The molecule has 3 nitrogen and oxygen atoms in total. The van der Waals surface area contributed by atoms with E-state index >= 15 is 0 Å². The Bertz CT molecular complexity index is 413. The average Bonchev–Trinajstić information content (AvgIpc) is 2.08. The molecule has 0 aliphatic heterocycles. The first-order valence-corrected chi connectivity index (χ1v) is 7.21. The molecule has 1 rings (SSSR count). The predicted octanol–water partition coefficient (Wildman–Crippen LogP) is 4.52. The van der Waals surface area contributed by atoms with E-state index in [0.29, 0.717) is 5.75 Å². The highest BCUT2D eigenvalue weighted by Crippen LogP contribution is 2.28. The van der Waals surface area contributed by atoms with Crippen molar-refractivity contribution in [1.29, 1.82) is 0 Å². The van der Waals surface area contributed by atoms with Gasteiger partial charge in [-0.2, -0.15) is 0 Å². The zero-order valence-corrected chi connectivity index (χ0v) is 14.5. The number of carbonyl (C=O) groups excluding carboxylic acids is 1. The fraction of sp³-hybridized carbons (Fsp3) is 0.417. The smallest absolute Gasteiger partial charge is 0.428 e. The third-order valence-electron chi connectivity index (χ3n) is 1.77. The topological polar surface area (TPSA) is 35.5 Å². The van der Waals surface area contributed by atoms with Crippen molar-refractivity contribution >= 4 is 51.3 Å². The zero-order valence-electron chi connectivity index (χ0n) is 10.1. The van der Waals surface area contributed by atoms with Crippen LogP contribution in [0.3, 0.4) is 0 Å². The highest BCUT2D eigenvalue weighted by atomic mass is 127. The van der Waals surface area contributed by atoms with Crippen molar-refractivity contribution in [2.75, 3.05) is 0 Å². The standard InChI is InChI=1S/C12H14I2O3/c1-7-5-8(13)6-9(14)10(7)16-11(15)17-12(2,3)4/h5-6H,1-4H3. The molecular weight excluding hydrogens is 446 g/mol. The van der Waals surface area contributed by atoms with Crippen molar-refractivity contribution in [3.05, 3.63) is 24.8 Å². The summed E-state index contributed by atoms with van der Waals surface area (Å²) in [7, 11) is 0. The first kappa shape index (κ1) is 15.0. The van der Waals surface area contributed by atoms with Gasteiger partial charge in [0.05, 0.1) is 3.57 Å². The van der Waals surface area contributed by atoms with Crippen molar-refractivity contribution in [2.24, 2.45) is 0 Å². The van der Waals surface area contributed by atoms with Crippen LogP contribution in [0, 0.1) is 14.1 Å². The van der Waals surface area contributed by atoms with Crippen LogP contribution in [0.15, 0.2) is 12.1 Å². The van der Waals surface area contributed by atoms with Crippen LogP contribution in [0.1, 0.15) is 26.3 Å². The van der Waals surface area contributed by atoms with Gasteiger partial charge in [0.2, 0.25) is 0 Å². The van der Waals surface area contributed by atoms with Crippen molar-refractivity contribution in [2.45, 2.75) is 33.3 Å². The Morgan fingerprint density at radius 1 is 1.24 bits per heavy atom. The maximum Gasteiger partial charge on any atom is 0.514 e. The van der Waals surface area contributed by atoms with Crippen molar-refractivity contribution in [3.63, 3.8) is 0 Å². The highest BCUT2D eigenvalue weighted by Gasteiger charge is 2.19. The molecule has 1 aromatic carbocycles. The number of aryl methyl sites for hydroxylation is 1. The summed E-state index contributed by atoms with van der Waals surface area (Å²) in [4.78, 5) is 11.6. The molecule has 0 aliphatic rings. The van der Waals surface area contributed by atoms with Gasteiger partial charge in [0.15, 0.2) is 5.75 Å². The number of rotatable bonds is 1. The largest absolute Gasteiger partial charge is 0.514 e. The van der Waals surface area contributed by atoms with Gasteiger partial charge in [-0.1, -0.05) is 0 Å². The van der Waals surface area contributed by atoms with Gasteiger partial charge in [-0.3, -0.25) is 0 Å². The number of hydrogen-bond donors (Lipinski definition) is 0. The van der Waals surface area contributed by atoms with E-state index in [1.54, 1.807) is 20.8 Å². The van der Waals surface area contributed by atoms with Gasteiger partial charge in [-0.25, -0.2) is 4.79 Å². The Balaban J connectivity index is 2.86. The Hall–Kier alpha value is -0.0500. The Kier molecular flexibility index (Phi) is 5.06. The monoisotopic (exact) mass is 460 g/mol. The summed E-state index contributed by atoms with van der Waals surface area (Å²) in [5, 5.41) is 0. The number of benzene rings is 1. The van der Waals surface area contributed by atoms with Gasteiger partial charge in [0.1, 0.15) is 5.60 Å². The number of ether oxygens (including phenoxy) is 2. The summed E-state index contributed by atoms with van der Waals surface area (Å²) >= 11 is 4.37. The van der Waals surface area contributed by atoms with Crippen LogP contribution in [0.25, 0.3) is 0 Å². The Labute approximate surface area is 129 Å². The molecule has 0 unspecified atom stereocenters. The molecule has 0 amide bonds. The molecule has 0 aliphatic carbocycles. The summed E-state index contributed by atoms with van der Waals surface area (Å²) < 4.78 is 12.4. The minimum absolute atomic E-state index is 0.542. The molecule has 0 spiro atoms. The first-order valence-electron chi connectivity index (χ1n) is 5.05. The lowest BCUT2D eigenvalue weighted by atomic mass is 10.2. The molecule has 0 atom stereocenters. The molecule has 17 heavy (non-hydrogen) atoms. The normalized spacial score (nSPS) is 11.2. The summed E-state index contributed by atoms with van der Waals surface area (Å²) in [5.74, 6) is 0.570. The minimum atomic E-state index is -0.667.